The first-order chi connectivity index (χ1) is 7.63. The van der Waals surface area contributed by atoms with Crippen LogP contribution < -0.4 is 10.5 Å². The van der Waals surface area contributed by atoms with Crippen LogP contribution >= 0.6 is 0 Å². The Bertz CT molecular complexity index is 424. The van der Waals surface area contributed by atoms with Crippen LogP contribution in [-0.2, 0) is 4.74 Å². The Hall–Kier alpha value is -1.85. The lowest BCUT2D eigenvalue weighted by Crippen LogP contribution is -2.28. The number of nitrogens with zero attached hydrogens (tertiary/aromatic N) is 2. The van der Waals surface area contributed by atoms with Crippen molar-refractivity contribution in [1.29, 1.82) is 0 Å². The average molecular weight is 225 g/mol. The summed E-state index contributed by atoms with van der Waals surface area (Å²) >= 11 is 0. The molecular formula is C10H15N3O3. The van der Waals surface area contributed by atoms with Crippen LogP contribution in [0.2, 0.25) is 0 Å². The summed E-state index contributed by atoms with van der Waals surface area (Å²) in [5.74, 6) is -0.220. The molecule has 0 aliphatic heterocycles. The quantitative estimate of drug-likeness (QED) is 0.751. The predicted octanol–water partition coefficient (Wildman–Crippen LogP) is 0.403. The van der Waals surface area contributed by atoms with Crippen LogP contribution in [0.3, 0.4) is 0 Å². The van der Waals surface area contributed by atoms with Gasteiger partial charge in [0.05, 0.1) is 13.3 Å². The molecule has 1 aromatic rings. The lowest BCUT2D eigenvalue weighted by Gasteiger charge is -2.18. The van der Waals surface area contributed by atoms with Gasteiger partial charge in [0.1, 0.15) is 5.56 Å². The molecule has 16 heavy (non-hydrogen) atoms. The highest BCUT2D eigenvalue weighted by Gasteiger charge is 2.13. The van der Waals surface area contributed by atoms with Crippen LogP contribution in [0.15, 0.2) is 11.0 Å². The second-order valence-electron chi connectivity index (χ2n) is 3.11. The number of hydrogen-bond acceptors (Lipinski definition) is 5. The van der Waals surface area contributed by atoms with Crippen molar-refractivity contribution in [3.63, 3.8) is 0 Å². The van der Waals surface area contributed by atoms with Gasteiger partial charge in [-0.25, -0.2) is 9.78 Å². The van der Waals surface area contributed by atoms with Gasteiger partial charge in [-0.1, -0.05) is 0 Å². The predicted molar refractivity (Wildman–Crippen MR) is 59.8 cm³/mol. The molecular weight excluding hydrogens is 210 g/mol. The van der Waals surface area contributed by atoms with E-state index in [2.05, 4.69) is 14.7 Å². The van der Waals surface area contributed by atoms with E-state index >= 15 is 0 Å². The van der Waals surface area contributed by atoms with Gasteiger partial charge in [-0.3, -0.25) is 9.78 Å². The molecule has 1 rings (SSSR count). The van der Waals surface area contributed by atoms with Gasteiger partial charge in [0.15, 0.2) is 0 Å². The Morgan fingerprint density at radius 2 is 2.12 bits per heavy atom. The Morgan fingerprint density at radius 1 is 1.50 bits per heavy atom. The van der Waals surface area contributed by atoms with E-state index in [1.54, 1.807) is 0 Å². The molecule has 6 heteroatoms. The molecule has 0 spiro atoms. The largest absolute Gasteiger partial charge is 0.465 e. The first-order valence-corrected chi connectivity index (χ1v) is 5.06. The summed E-state index contributed by atoms with van der Waals surface area (Å²) in [7, 11) is 1.22. The molecule has 1 N–H and O–H groups in total. The zero-order chi connectivity index (χ0) is 12.1. The molecule has 0 fully saturated rings. The van der Waals surface area contributed by atoms with Gasteiger partial charge < -0.3 is 9.64 Å². The lowest BCUT2D eigenvalue weighted by molar-refractivity contribution is 0.0598. The first-order valence-electron chi connectivity index (χ1n) is 5.06. The van der Waals surface area contributed by atoms with E-state index in [0.717, 1.165) is 13.1 Å². The summed E-state index contributed by atoms with van der Waals surface area (Å²) in [6.45, 7) is 5.38. The van der Waals surface area contributed by atoms with Crippen molar-refractivity contribution in [3.05, 3.63) is 22.1 Å². The number of hydrogen-bond donors (Lipinski definition) is 1. The molecule has 0 saturated carbocycles. The standard InChI is InChI=1S/C10H15N3O3/c1-4-13(5-2)10-11-6-7(8(14)12-10)9(15)16-3/h6H,4-5H2,1-3H3,(H,11,12,14). The topological polar surface area (TPSA) is 75.3 Å². The number of nitrogens with one attached hydrogen (secondary N) is 1. The van der Waals surface area contributed by atoms with Crippen molar-refractivity contribution >= 4 is 11.9 Å². The maximum absolute atomic E-state index is 11.6. The maximum atomic E-state index is 11.6. The van der Waals surface area contributed by atoms with E-state index in [-0.39, 0.29) is 5.56 Å². The second-order valence-corrected chi connectivity index (χ2v) is 3.11. The highest BCUT2D eigenvalue weighted by Crippen LogP contribution is 2.03. The minimum Gasteiger partial charge on any atom is -0.465 e. The van der Waals surface area contributed by atoms with Crippen molar-refractivity contribution in [2.45, 2.75) is 13.8 Å². The van der Waals surface area contributed by atoms with Crippen LogP contribution in [0.1, 0.15) is 24.2 Å². The highest BCUT2D eigenvalue weighted by molar-refractivity contribution is 5.88. The fourth-order valence-corrected chi connectivity index (χ4v) is 1.32. The number of rotatable bonds is 4. The first kappa shape index (κ1) is 12.2. The molecule has 0 aliphatic rings. The zero-order valence-corrected chi connectivity index (χ0v) is 9.61. The van der Waals surface area contributed by atoms with E-state index in [1.807, 2.05) is 18.7 Å². The van der Waals surface area contributed by atoms with Crippen molar-refractivity contribution < 1.29 is 9.53 Å². The Balaban J connectivity index is 3.08. The number of carbonyl (C=O) groups excluding carboxylic acids is 1. The molecule has 1 heterocycles. The van der Waals surface area contributed by atoms with E-state index in [4.69, 9.17) is 0 Å². The third kappa shape index (κ3) is 2.39. The Kier molecular flexibility index (Phi) is 4.04. The van der Waals surface area contributed by atoms with E-state index in [1.165, 1.54) is 13.3 Å². The van der Waals surface area contributed by atoms with Crippen LogP contribution in [-0.4, -0.2) is 36.1 Å². The molecule has 0 aromatic carbocycles. The molecule has 0 bridgehead atoms. The van der Waals surface area contributed by atoms with Gasteiger partial charge in [0, 0.05) is 13.1 Å². The number of ether oxygens (including phenoxy) is 1. The minimum atomic E-state index is -0.681. The molecule has 0 radical (unpaired) electrons. The van der Waals surface area contributed by atoms with Gasteiger partial charge in [0.2, 0.25) is 5.95 Å². The van der Waals surface area contributed by atoms with E-state index < -0.39 is 11.5 Å². The molecule has 88 valence electrons. The molecule has 1 aromatic heterocycles. The molecule has 0 amide bonds. The molecule has 0 saturated heterocycles. The number of H-pyrrole nitrogens is 1. The Morgan fingerprint density at radius 3 is 2.56 bits per heavy atom. The Labute approximate surface area is 93.3 Å². The van der Waals surface area contributed by atoms with Crippen LogP contribution in [0.4, 0.5) is 5.95 Å². The molecule has 0 unspecified atom stereocenters. The summed E-state index contributed by atoms with van der Waals surface area (Å²) in [5, 5.41) is 0. The monoisotopic (exact) mass is 225 g/mol. The van der Waals surface area contributed by atoms with E-state index in [0.29, 0.717) is 5.95 Å². The number of anilines is 1. The van der Waals surface area contributed by atoms with Gasteiger partial charge in [-0.05, 0) is 13.8 Å². The zero-order valence-electron chi connectivity index (χ0n) is 9.61. The smallest absolute Gasteiger partial charge is 0.345 e. The van der Waals surface area contributed by atoms with Crippen LogP contribution in [0.5, 0.6) is 0 Å². The van der Waals surface area contributed by atoms with Crippen LogP contribution in [0.25, 0.3) is 0 Å². The van der Waals surface area contributed by atoms with Gasteiger partial charge >= 0.3 is 5.97 Å². The van der Waals surface area contributed by atoms with Crippen LogP contribution in [0, 0.1) is 0 Å². The van der Waals surface area contributed by atoms with Crippen molar-refractivity contribution in [1.82, 2.24) is 9.97 Å². The number of methoxy groups -OCH3 is 1. The number of carbonyl (C=O) groups is 1. The summed E-state index contributed by atoms with van der Waals surface area (Å²) in [6.07, 6.45) is 1.23. The highest BCUT2D eigenvalue weighted by atomic mass is 16.5. The third-order valence-corrected chi connectivity index (χ3v) is 2.25. The third-order valence-electron chi connectivity index (χ3n) is 2.25. The van der Waals surface area contributed by atoms with Gasteiger partial charge in [-0.15, -0.1) is 0 Å². The molecule has 6 nitrogen and oxygen atoms in total. The normalized spacial score (nSPS) is 9.94. The van der Waals surface area contributed by atoms with Crippen molar-refractivity contribution in [2.24, 2.45) is 0 Å². The number of esters is 1. The maximum Gasteiger partial charge on any atom is 0.345 e. The van der Waals surface area contributed by atoms with Crippen molar-refractivity contribution in [2.75, 3.05) is 25.1 Å². The minimum absolute atomic E-state index is 0.0848. The number of aromatic amines is 1. The lowest BCUT2D eigenvalue weighted by atomic mass is 10.3. The van der Waals surface area contributed by atoms with Gasteiger partial charge in [-0.2, -0.15) is 0 Å². The summed E-state index contributed by atoms with van der Waals surface area (Å²) in [4.78, 5) is 31.2. The summed E-state index contributed by atoms with van der Waals surface area (Å²) in [5.41, 5.74) is -0.567. The van der Waals surface area contributed by atoms with Crippen molar-refractivity contribution in [3.8, 4) is 0 Å². The van der Waals surface area contributed by atoms with E-state index in [9.17, 15) is 9.59 Å². The SMILES string of the molecule is CCN(CC)c1ncc(C(=O)OC)c(=O)[nH]1. The summed E-state index contributed by atoms with van der Waals surface area (Å²) in [6, 6.07) is 0. The van der Waals surface area contributed by atoms with Gasteiger partial charge in [0.25, 0.3) is 5.56 Å². The second kappa shape index (κ2) is 5.29. The average Bonchev–Trinajstić information content (AvgIpc) is 2.30. The fourth-order valence-electron chi connectivity index (χ4n) is 1.32. The number of aromatic nitrogens is 2. The molecule has 0 atom stereocenters. The summed E-state index contributed by atoms with van der Waals surface area (Å²) < 4.78 is 4.46. The molecule has 0 aliphatic carbocycles. The fraction of sp³-hybridized carbons (Fsp3) is 0.500.